The summed E-state index contributed by atoms with van der Waals surface area (Å²) in [6.07, 6.45) is 32.8. The predicted octanol–water partition coefficient (Wildman–Crippen LogP) is 9.41. The average Bonchev–Trinajstić information content (AvgIpc) is 2.78. The van der Waals surface area contributed by atoms with Crippen LogP contribution in [-0.2, 0) is 4.79 Å². The Balaban J connectivity index is 3.63. The summed E-state index contributed by atoms with van der Waals surface area (Å²) in [6.45, 7) is 3.54. The summed E-state index contributed by atoms with van der Waals surface area (Å²) in [7, 11) is 4.42. The van der Waals surface area contributed by atoms with Gasteiger partial charge in [0.1, 0.15) is 0 Å². The summed E-state index contributed by atoms with van der Waals surface area (Å²) in [4.78, 5) is 12.8. The molecule has 0 spiro atoms. The lowest BCUT2D eigenvalue weighted by molar-refractivity contribution is -0.137. The van der Waals surface area contributed by atoms with Crippen molar-refractivity contribution in [2.45, 2.75) is 148 Å². The van der Waals surface area contributed by atoms with Gasteiger partial charge in [0.25, 0.3) is 0 Å². The number of carboxylic acid groups (broad SMARTS) is 1. The van der Waals surface area contributed by atoms with Crippen molar-refractivity contribution in [3.8, 4) is 0 Å². The Labute approximate surface area is 207 Å². The summed E-state index contributed by atoms with van der Waals surface area (Å²) in [5.41, 5.74) is 0. The fourth-order valence-electron chi connectivity index (χ4n) is 4.62. The van der Waals surface area contributed by atoms with Crippen LogP contribution in [0.4, 0.5) is 0 Å². The van der Waals surface area contributed by atoms with Crippen LogP contribution in [0.1, 0.15) is 148 Å². The first-order valence-corrected chi connectivity index (χ1v) is 14.6. The van der Waals surface area contributed by atoms with E-state index in [0.29, 0.717) is 6.42 Å². The van der Waals surface area contributed by atoms with Gasteiger partial charge >= 0.3 is 5.97 Å². The smallest absolute Gasteiger partial charge is 0.303 e. The number of unbranched alkanes of at least 4 members (excludes halogenated alkanes) is 15. The van der Waals surface area contributed by atoms with Crippen LogP contribution >= 0.6 is 0 Å². The first-order valence-electron chi connectivity index (χ1n) is 14.6. The molecule has 196 valence electrons. The van der Waals surface area contributed by atoms with Crippen molar-refractivity contribution >= 4 is 5.97 Å². The van der Waals surface area contributed by atoms with Crippen LogP contribution in [0.25, 0.3) is 0 Å². The molecule has 1 atom stereocenters. The van der Waals surface area contributed by atoms with Crippen LogP contribution < -0.4 is 0 Å². The van der Waals surface area contributed by atoms with Crippen molar-refractivity contribution in [3.05, 3.63) is 12.2 Å². The second-order valence-electron chi connectivity index (χ2n) is 10.5. The summed E-state index contributed by atoms with van der Waals surface area (Å²) in [6, 6.07) is 0. The molecule has 0 bridgehead atoms. The molecular formula is C30H59NO2. The minimum absolute atomic E-state index is 0.329. The molecule has 0 aliphatic carbocycles. The lowest BCUT2D eigenvalue weighted by Crippen LogP contribution is -2.17. The highest BCUT2D eigenvalue weighted by Crippen LogP contribution is 2.22. The summed E-state index contributed by atoms with van der Waals surface area (Å²) in [5, 5.41) is 8.63. The molecule has 0 heterocycles. The molecule has 3 nitrogen and oxygen atoms in total. The van der Waals surface area contributed by atoms with Crippen molar-refractivity contribution in [3.63, 3.8) is 0 Å². The summed E-state index contributed by atoms with van der Waals surface area (Å²) >= 11 is 0. The van der Waals surface area contributed by atoms with E-state index in [2.05, 4.69) is 38.1 Å². The van der Waals surface area contributed by atoms with Gasteiger partial charge in [0.2, 0.25) is 0 Å². The SMILES string of the molecule is CCCCCCCCCC(CCCCCCC=CCCCCCCCC(=O)O)CCN(C)C. The van der Waals surface area contributed by atoms with Gasteiger partial charge in [-0.15, -0.1) is 0 Å². The second kappa shape index (κ2) is 25.8. The van der Waals surface area contributed by atoms with E-state index in [1.165, 1.54) is 129 Å². The molecule has 3 heteroatoms. The van der Waals surface area contributed by atoms with E-state index in [1.54, 1.807) is 0 Å². The number of nitrogens with zero attached hydrogens (tertiary/aromatic N) is 1. The van der Waals surface area contributed by atoms with Gasteiger partial charge in [-0.3, -0.25) is 4.79 Å². The second-order valence-corrected chi connectivity index (χ2v) is 10.5. The zero-order chi connectivity index (χ0) is 24.4. The summed E-state index contributed by atoms with van der Waals surface area (Å²) in [5.74, 6) is 0.276. The summed E-state index contributed by atoms with van der Waals surface area (Å²) < 4.78 is 0. The third-order valence-electron chi connectivity index (χ3n) is 6.86. The van der Waals surface area contributed by atoms with Gasteiger partial charge in [0, 0.05) is 6.42 Å². The molecule has 0 radical (unpaired) electrons. The lowest BCUT2D eigenvalue weighted by Gasteiger charge is -2.19. The number of carboxylic acids is 1. The number of hydrogen-bond acceptors (Lipinski definition) is 2. The average molecular weight is 466 g/mol. The molecule has 0 aromatic heterocycles. The van der Waals surface area contributed by atoms with Gasteiger partial charge in [0.05, 0.1) is 0 Å². The fraction of sp³-hybridized carbons (Fsp3) is 0.900. The van der Waals surface area contributed by atoms with Gasteiger partial charge in [-0.2, -0.15) is 0 Å². The first-order chi connectivity index (χ1) is 16.1. The van der Waals surface area contributed by atoms with Crippen LogP contribution in [-0.4, -0.2) is 36.6 Å². The third-order valence-corrected chi connectivity index (χ3v) is 6.86. The maximum absolute atomic E-state index is 10.5. The molecule has 0 saturated carbocycles. The number of rotatable bonds is 26. The van der Waals surface area contributed by atoms with Crippen molar-refractivity contribution in [2.24, 2.45) is 5.92 Å². The van der Waals surface area contributed by atoms with Crippen LogP contribution in [0, 0.1) is 5.92 Å². The Morgan fingerprint density at radius 3 is 1.61 bits per heavy atom. The Kier molecular flexibility index (Phi) is 25.1. The molecule has 0 rings (SSSR count). The van der Waals surface area contributed by atoms with Crippen molar-refractivity contribution in [2.75, 3.05) is 20.6 Å². The van der Waals surface area contributed by atoms with Gasteiger partial charge in [0.15, 0.2) is 0 Å². The minimum atomic E-state index is -0.662. The van der Waals surface area contributed by atoms with Crippen LogP contribution in [0.3, 0.4) is 0 Å². The molecule has 0 fully saturated rings. The number of carbonyl (C=O) groups is 1. The van der Waals surface area contributed by atoms with E-state index in [4.69, 9.17) is 5.11 Å². The highest BCUT2D eigenvalue weighted by Gasteiger charge is 2.09. The topological polar surface area (TPSA) is 40.5 Å². The maximum atomic E-state index is 10.5. The van der Waals surface area contributed by atoms with Crippen molar-refractivity contribution < 1.29 is 9.90 Å². The fourth-order valence-corrected chi connectivity index (χ4v) is 4.62. The Hall–Kier alpha value is -0.830. The first kappa shape index (κ1) is 32.2. The third kappa shape index (κ3) is 27.3. The molecule has 1 N–H and O–H groups in total. The molecule has 0 aliphatic heterocycles. The molecular weight excluding hydrogens is 406 g/mol. The zero-order valence-corrected chi connectivity index (χ0v) is 22.8. The van der Waals surface area contributed by atoms with Crippen molar-refractivity contribution in [1.29, 1.82) is 0 Å². The van der Waals surface area contributed by atoms with Crippen LogP contribution in [0.5, 0.6) is 0 Å². The lowest BCUT2D eigenvalue weighted by atomic mass is 9.91. The monoisotopic (exact) mass is 465 g/mol. The van der Waals surface area contributed by atoms with Crippen LogP contribution in [0.2, 0.25) is 0 Å². The molecule has 0 amide bonds. The molecule has 0 aromatic carbocycles. The maximum Gasteiger partial charge on any atom is 0.303 e. The normalized spacial score (nSPS) is 12.7. The van der Waals surface area contributed by atoms with E-state index >= 15 is 0 Å². The predicted molar refractivity (Wildman–Crippen MR) is 146 cm³/mol. The van der Waals surface area contributed by atoms with Gasteiger partial charge in [-0.25, -0.2) is 0 Å². The minimum Gasteiger partial charge on any atom is -0.481 e. The van der Waals surface area contributed by atoms with E-state index in [1.807, 2.05) is 0 Å². The molecule has 1 unspecified atom stereocenters. The highest BCUT2D eigenvalue weighted by molar-refractivity contribution is 5.66. The number of allylic oxidation sites excluding steroid dienone is 2. The molecule has 33 heavy (non-hydrogen) atoms. The van der Waals surface area contributed by atoms with Gasteiger partial charge in [-0.1, -0.05) is 115 Å². The molecule has 0 saturated heterocycles. The largest absolute Gasteiger partial charge is 0.481 e. The standard InChI is InChI=1S/C30H59NO2/c1-4-5-6-7-15-18-21-24-29(27-28-31(2)3)25-22-19-16-13-11-9-8-10-12-14-17-20-23-26-30(32)33/h8-9,29H,4-7,10-28H2,1-3H3,(H,32,33). The van der Waals surface area contributed by atoms with Gasteiger partial charge in [-0.05, 0) is 65.1 Å². The zero-order valence-electron chi connectivity index (χ0n) is 22.8. The number of hydrogen-bond donors (Lipinski definition) is 1. The van der Waals surface area contributed by atoms with Crippen LogP contribution in [0.15, 0.2) is 12.2 Å². The van der Waals surface area contributed by atoms with Gasteiger partial charge < -0.3 is 10.0 Å². The van der Waals surface area contributed by atoms with Crippen molar-refractivity contribution in [1.82, 2.24) is 4.90 Å². The van der Waals surface area contributed by atoms with E-state index < -0.39 is 5.97 Å². The molecule has 0 aromatic rings. The quantitative estimate of drug-likeness (QED) is 0.102. The Morgan fingerprint density at radius 2 is 1.12 bits per heavy atom. The Bertz CT molecular complexity index is 433. The highest BCUT2D eigenvalue weighted by atomic mass is 16.4. The number of aliphatic carboxylic acids is 1. The van der Waals surface area contributed by atoms with E-state index in [0.717, 1.165) is 18.8 Å². The Morgan fingerprint density at radius 1 is 0.667 bits per heavy atom. The van der Waals surface area contributed by atoms with E-state index in [9.17, 15) is 4.79 Å². The molecule has 0 aliphatic rings. The van der Waals surface area contributed by atoms with E-state index in [-0.39, 0.29) is 0 Å².